The fourth-order valence-corrected chi connectivity index (χ4v) is 2.22. The minimum Gasteiger partial charge on any atom is -0.359 e. The summed E-state index contributed by atoms with van der Waals surface area (Å²) in [7, 11) is 3.72. The van der Waals surface area contributed by atoms with Crippen molar-refractivity contribution in [1.82, 2.24) is 10.2 Å². The number of aliphatic imine (C=N–C) groups is 1. The highest BCUT2D eigenvalue weighted by molar-refractivity contribution is 5.79. The van der Waals surface area contributed by atoms with Gasteiger partial charge in [-0.1, -0.05) is 60.7 Å². The third-order valence-electron chi connectivity index (χ3n) is 3.17. The molecule has 0 aliphatic carbocycles. The molecule has 0 aromatic heterocycles. The summed E-state index contributed by atoms with van der Waals surface area (Å²) in [4.78, 5) is 6.57. The van der Waals surface area contributed by atoms with E-state index in [1.165, 1.54) is 11.1 Å². The van der Waals surface area contributed by atoms with E-state index in [2.05, 4.69) is 63.7 Å². The van der Waals surface area contributed by atoms with E-state index in [0.717, 1.165) is 19.0 Å². The molecule has 0 amide bonds. The van der Waals surface area contributed by atoms with Crippen LogP contribution in [0.1, 0.15) is 11.1 Å². The summed E-state index contributed by atoms with van der Waals surface area (Å²) >= 11 is 0. The summed E-state index contributed by atoms with van der Waals surface area (Å²) in [6, 6.07) is 20.9. The third kappa shape index (κ3) is 3.85. The van der Waals surface area contributed by atoms with E-state index < -0.39 is 0 Å². The van der Waals surface area contributed by atoms with E-state index in [0.29, 0.717) is 0 Å². The van der Waals surface area contributed by atoms with Crippen molar-refractivity contribution in [2.75, 3.05) is 14.1 Å². The van der Waals surface area contributed by atoms with Gasteiger partial charge in [0.25, 0.3) is 0 Å². The first-order valence-electron chi connectivity index (χ1n) is 6.81. The average molecular weight is 267 g/mol. The zero-order chi connectivity index (χ0) is 14.2. The Labute approximate surface area is 121 Å². The van der Waals surface area contributed by atoms with Crippen LogP contribution in [-0.4, -0.2) is 25.0 Å². The van der Waals surface area contributed by atoms with Gasteiger partial charge < -0.3 is 10.2 Å². The predicted molar refractivity (Wildman–Crippen MR) is 84.5 cm³/mol. The third-order valence-corrected chi connectivity index (χ3v) is 3.17. The average Bonchev–Trinajstić information content (AvgIpc) is 2.50. The zero-order valence-electron chi connectivity index (χ0n) is 12.1. The van der Waals surface area contributed by atoms with E-state index in [9.17, 15) is 0 Å². The van der Waals surface area contributed by atoms with Crippen molar-refractivity contribution in [2.24, 2.45) is 4.99 Å². The zero-order valence-corrected chi connectivity index (χ0v) is 12.1. The van der Waals surface area contributed by atoms with Crippen molar-refractivity contribution in [2.45, 2.75) is 13.1 Å². The van der Waals surface area contributed by atoms with Crippen LogP contribution in [0.25, 0.3) is 0 Å². The van der Waals surface area contributed by atoms with Gasteiger partial charge in [-0.2, -0.15) is 0 Å². The van der Waals surface area contributed by atoms with E-state index >= 15 is 0 Å². The minimum absolute atomic E-state index is 0.837. The molecule has 0 heterocycles. The molecule has 3 nitrogen and oxygen atoms in total. The molecule has 0 atom stereocenters. The summed E-state index contributed by atoms with van der Waals surface area (Å²) in [6.07, 6.45) is 0. The maximum absolute atomic E-state index is 4.33. The van der Waals surface area contributed by atoms with Crippen LogP contribution < -0.4 is 5.32 Å². The van der Waals surface area contributed by atoms with Gasteiger partial charge in [-0.25, -0.2) is 0 Å². The smallest absolute Gasteiger partial charge is 0.193 e. The number of benzene rings is 2. The Bertz CT molecular complexity index is 493. The van der Waals surface area contributed by atoms with Crippen LogP contribution in [0.3, 0.4) is 0 Å². The number of hydrogen-bond acceptors (Lipinski definition) is 1. The maximum atomic E-state index is 4.33. The highest BCUT2D eigenvalue weighted by Gasteiger charge is 2.10. The van der Waals surface area contributed by atoms with Gasteiger partial charge in [0.2, 0.25) is 0 Å². The molecule has 0 saturated heterocycles. The van der Waals surface area contributed by atoms with Crippen LogP contribution in [-0.2, 0) is 13.1 Å². The summed E-state index contributed by atoms with van der Waals surface area (Å²) in [6.45, 7) is 1.67. The van der Waals surface area contributed by atoms with Gasteiger partial charge in [0.05, 0.1) is 0 Å². The highest BCUT2D eigenvalue weighted by Crippen LogP contribution is 2.10. The Hall–Kier alpha value is -2.29. The van der Waals surface area contributed by atoms with Crippen molar-refractivity contribution < 1.29 is 0 Å². The van der Waals surface area contributed by atoms with Gasteiger partial charge in [-0.05, 0) is 11.1 Å². The molecule has 0 bridgehead atoms. The van der Waals surface area contributed by atoms with Gasteiger partial charge in [0.1, 0.15) is 0 Å². The Kier molecular flexibility index (Phi) is 5.18. The Morgan fingerprint density at radius 1 is 0.900 bits per heavy atom. The number of rotatable bonds is 4. The molecule has 3 heteroatoms. The molecule has 20 heavy (non-hydrogen) atoms. The van der Waals surface area contributed by atoms with Crippen molar-refractivity contribution in [3.8, 4) is 0 Å². The maximum Gasteiger partial charge on any atom is 0.193 e. The second kappa shape index (κ2) is 7.34. The minimum atomic E-state index is 0.837. The van der Waals surface area contributed by atoms with Crippen LogP contribution in [0.4, 0.5) is 0 Å². The highest BCUT2D eigenvalue weighted by atomic mass is 15.3. The standard InChI is InChI=1S/C17H21N3/c1-18-17(19-2)20(13-15-9-5-3-6-10-15)14-16-11-7-4-8-12-16/h3-12H,13-14H2,1-2H3,(H,18,19). The number of nitrogens with zero attached hydrogens (tertiary/aromatic N) is 2. The van der Waals surface area contributed by atoms with Gasteiger partial charge in [0.15, 0.2) is 5.96 Å². The molecule has 2 aromatic rings. The van der Waals surface area contributed by atoms with Crippen LogP contribution in [0, 0.1) is 0 Å². The van der Waals surface area contributed by atoms with Crippen LogP contribution in [0.15, 0.2) is 65.7 Å². The summed E-state index contributed by atoms with van der Waals surface area (Å²) in [5, 5.41) is 3.17. The molecular weight excluding hydrogens is 246 g/mol. The molecule has 0 fully saturated rings. The van der Waals surface area contributed by atoms with Crippen LogP contribution >= 0.6 is 0 Å². The molecule has 2 aromatic carbocycles. The van der Waals surface area contributed by atoms with Crippen molar-refractivity contribution in [3.63, 3.8) is 0 Å². The van der Waals surface area contributed by atoms with Crippen LogP contribution in [0.5, 0.6) is 0 Å². The van der Waals surface area contributed by atoms with Crippen LogP contribution in [0.2, 0.25) is 0 Å². The van der Waals surface area contributed by atoms with Crippen molar-refractivity contribution >= 4 is 5.96 Å². The van der Waals surface area contributed by atoms with E-state index in [4.69, 9.17) is 0 Å². The molecule has 0 aliphatic rings. The van der Waals surface area contributed by atoms with Crippen molar-refractivity contribution in [1.29, 1.82) is 0 Å². The largest absolute Gasteiger partial charge is 0.359 e. The van der Waals surface area contributed by atoms with E-state index in [1.807, 2.05) is 26.2 Å². The van der Waals surface area contributed by atoms with Gasteiger partial charge in [-0.15, -0.1) is 0 Å². The SMILES string of the molecule is CN=C(NC)N(Cc1ccccc1)Cc1ccccc1. The lowest BCUT2D eigenvalue weighted by Crippen LogP contribution is -2.38. The predicted octanol–water partition coefficient (Wildman–Crippen LogP) is 2.89. The second-order valence-electron chi connectivity index (χ2n) is 4.62. The van der Waals surface area contributed by atoms with E-state index in [-0.39, 0.29) is 0 Å². The number of hydrogen-bond donors (Lipinski definition) is 1. The van der Waals surface area contributed by atoms with Crippen molar-refractivity contribution in [3.05, 3.63) is 71.8 Å². The van der Waals surface area contributed by atoms with E-state index in [1.54, 1.807) is 0 Å². The lowest BCUT2D eigenvalue weighted by atomic mass is 10.2. The molecule has 0 radical (unpaired) electrons. The molecule has 104 valence electrons. The molecule has 0 unspecified atom stereocenters. The first kappa shape index (κ1) is 14.1. The number of guanidine groups is 1. The lowest BCUT2D eigenvalue weighted by molar-refractivity contribution is 0.393. The topological polar surface area (TPSA) is 27.6 Å². The molecule has 0 spiro atoms. The molecule has 2 rings (SSSR count). The fourth-order valence-electron chi connectivity index (χ4n) is 2.22. The molecule has 0 aliphatic heterocycles. The summed E-state index contributed by atoms with van der Waals surface area (Å²) in [5.41, 5.74) is 2.56. The quantitative estimate of drug-likeness (QED) is 0.681. The fraction of sp³-hybridized carbons (Fsp3) is 0.235. The number of nitrogens with one attached hydrogen (secondary N) is 1. The monoisotopic (exact) mass is 267 g/mol. The summed E-state index contributed by atoms with van der Waals surface area (Å²) < 4.78 is 0. The molecule has 1 N–H and O–H groups in total. The Morgan fingerprint density at radius 2 is 1.35 bits per heavy atom. The molecular formula is C17H21N3. The molecule has 0 saturated carbocycles. The first-order chi connectivity index (χ1) is 9.83. The van der Waals surface area contributed by atoms with Gasteiger partial charge in [0, 0.05) is 27.2 Å². The van der Waals surface area contributed by atoms with Gasteiger partial charge >= 0.3 is 0 Å². The lowest BCUT2D eigenvalue weighted by Gasteiger charge is -2.26. The normalized spacial score (nSPS) is 11.2. The first-order valence-corrected chi connectivity index (χ1v) is 6.81. The second-order valence-corrected chi connectivity index (χ2v) is 4.62. The van der Waals surface area contributed by atoms with Gasteiger partial charge in [-0.3, -0.25) is 4.99 Å². The Morgan fingerprint density at radius 3 is 1.70 bits per heavy atom. The summed E-state index contributed by atoms with van der Waals surface area (Å²) in [5.74, 6) is 0.901. The Balaban J connectivity index is 2.17.